The van der Waals surface area contributed by atoms with Crippen LogP contribution in [-0.2, 0) is 10.9 Å². The minimum Gasteiger partial charge on any atom is -0.444 e. The van der Waals surface area contributed by atoms with Crippen LogP contribution in [0.15, 0.2) is 18.2 Å². The molecule has 1 N–H and O–H groups in total. The van der Waals surface area contributed by atoms with Crippen molar-refractivity contribution < 1.29 is 27.6 Å². The molecule has 0 saturated carbocycles. The van der Waals surface area contributed by atoms with Crippen molar-refractivity contribution in [2.75, 3.05) is 18.0 Å². The zero-order valence-corrected chi connectivity index (χ0v) is 15.3. The predicted molar refractivity (Wildman–Crippen MR) is 92.7 cm³/mol. The second-order valence-corrected chi connectivity index (χ2v) is 7.39. The number of alkyl halides is 3. The molecule has 1 aromatic carbocycles. The van der Waals surface area contributed by atoms with Crippen molar-refractivity contribution in [3.8, 4) is 0 Å². The highest BCUT2D eigenvalue weighted by atomic mass is 19.4. The number of carbonyl (C=O) groups is 1. The Kier molecular flexibility index (Phi) is 5.86. The largest absolute Gasteiger partial charge is 0.444 e. The third-order valence-electron chi connectivity index (χ3n) is 3.98. The van der Waals surface area contributed by atoms with Gasteiger partial charge in [0.05, 0.1) is 10.5 Å². The number of hydrogen-bond donors (Lipinski definition) is 1. The van der Waals surface area contributed by atoms with Crippen LogP contribution in [0.5, 0.6) is 0 Å². The maximum absolute atomic E-state index is 12.8. The Labute approximate surface area is 154 Å². The second kappa shape index (κ2) is 7.61. The fourth-order valence-electron chi connectivity index (χ4n) is 2.90. The minimum absolute atomic E-state index is 0.101. The number of amides is 1. The molecule has 0 bridgehead atoms. The van der Waals surface area contributed by atoms with Gasteiger partial charge < -0.3 is 15.0 Å². The molecule has 1 aromatic rings. The Balaban J connectivity index is 2.18. The first-order chi connectivity index (χ1) is 12.4. The number of anilines is 1. The van der Waals surface area contributed by atoms with E-state index in [1.807, 2.05) is 0 Å². The maximum atomic E-state index is 12.8. The van der Waals surface area contributed by atoms with E-state index in [9.17, 15) is 28.1 Å². The van der Waals surface area contributed by atoms with Gasteiger partial charge in [-0.2, -0.15) is 13.2 Å². The summed E-state index contributed by atoms with van der Waals surface area (Å²) >= 11 is 0. The molecule has 0 aliphatic carbocycles. The third kappa shape index (κ3) is 5.73. The zero-order valence-electron chi connectivity index (χ0n) is 15.3. The first-order valence-electron chi connectivity index (χ1n) is 8.47. The van der Waals surface area contributed by atoms with Gasteiger partial charge in [0.2, 0.25) is 0 Å². The second-order valence-electron chi connectivity index (χ2n) is 7.39. The van der Waals surface area contributed by atoms with Gasteiger partial charge in [0.15, 0.2) is 0 Å². The van der Waals surface area contributed by atoms with Crippen LogP contribution >= 0.6 is 0 Å². The van der Waals surface area contributed by atoms with E-state index >= 15 is 0 Å². The molecule has 0 spiro atoms. The average Bonchev–Trinajstić information content (AvgIpc) is 2.51. The Morgan fingerprint density at radius 3 is 2.56 bits per heavy atom. The summed E-state index contributed by atoms with van der Waals surface area (Å²) in [6.45, 7) is 5.87. The summed E-state index contributed by atoms with van der Waals surface area (Å²) in [5.41, 5.74) is -2.24. The molecule has 27 heavy (non-hydrogen) atoms. The monoisotopic (exact) mass is 389 g/mol. The summed E-state index contributed by atoms with van der Waals surface area (Å²) in [6, 6.07) is 2.15. The number of nitro benzene ring substituents is 1. The smallest absolute Gasteiger partial charge is 0.416 e. The number of hydrogen-bond acceptors (Lipinski definition) is 5. The van der Waals surface area contributed by atoms with Gasteiger partial charge in [-0.15, -0.1) is 0 Å². The van der Waals surface area contributed by atoms with Gasteiger partial charge in [-0.25, -0.2) is 4.79 Å². The molecule has 2 rings (SSSR count). The molecule has 1 fully saturated rings. The van der Waals surface area contributed by atoms with Crippen molar-refractivity contribution in [2.24, 2.45) is 0 Å². The Morgan fingerprint density at radius 2 is 2.00 bits per heavy atom. The third-order valence-corrected chi connectivity index (χ3v) is 3.98. The Hall–Kier alpha value is -2.52. The number of ether oxygens (including phenoxy) is 1. The number of nitrogens with one attached hydrogen (secondary N) is 1. The summed E-state index contributed by atoms with van der Waals surface area (Å²) in [7, 11) is 0. The first-order valence-corrected chi connectivity index (χ1v) is 8.47. The summed E-state index contributed by atoms with van der Waals surface area (Å²) < 4.78 is 43.7. The molecule has 10 heteroatoms. The van der Waals surface area contributed by atoms with E-state index in [0.717, 1.165) is 12.1 Å². The average molecular weight is 389 g/mol. The van der Waals surface area contributed by atoms with Crippen LogP contribution in [0.3, 0.4) is 0 Å². The fourth-order valence-corrected chi connectivity index (χ4v) is 2.90. The molecule has 1 heterocycles. The Bertz CT molecular complexity index is 716. The summed E-state index contributed by atoms with van der Waals surface area (Å²) in [4.78, 5) is 24.0. The number of benzene rings is 1. The highest BCUT2D eigenvalue weighted by molar-refractivity contribution is 5.69. The zero-order chi connectivity index (χ0) is 20.4. The van der Waals surface area contributed by atoms with Gasteiger partial charge in [-0.3, -0.25) is 10.1 Å². The quantitative estimate of drug-likeness (QED) is 0.621. The molecule has 1 atom stereocenters. The van der Waals surface area contributed by atoms with E-state index in [1.54, 1.807) is 25.7 Å². The number of alkyl carbamates (subject to hydrolysis) is 1. The number of piperidine rings is 1. The van der Waals surface area contributed by atoms with Crippen molar-refractivity contribution in [3.05, 3.63) is 33.9 Å². The van der Waals surface area contributed by atoms with Gasteiger partial charge in [0.25, 0.3) is 5.69 Å². The lowest BCUT2D eigenvalue weighted by Crippen LogP contribution is -2.49. The predicted octanol–water partition coefficient (Wildman–Crippen LogP) is 4.11. The van der Waals surface area contributed by atoms with Crippen molar-refractivity contribution in [1.29, 1.82) is 0 Å². The molecule has 1 saturated heterocycles. The molecule has 1 amide bonds. The van der Waals surface area contributed by atoms with Gasteiger partial charge in [0.1, 0.15) is 11.3 Å². The number of nitro groups is 1. The van der Waals surface area contributed by atoms with E-state index in [-0.39, 0.29) is 18.3 Å². The van der Waals surface area contributed by atoms with Crippen molar-refractivity contribution in [3.63, 3.8) is 0 Å². The molecule has 0 radical (unpaired) electrons. The summed E-state index contributed by atoms with van der Waals surface area (Å²) in [6.07, 6.45) is -3.99. The summed E-state index contributed by atoms with van der Waals surface area (Å²) in [5, 5.41) is 14.0. The molecule has 1 aliphatic heterocycles. The lowest BCUT2D eigenvalue weighted by molar-refractivity contribution is -0.384. The minimum atomic E-state index is -4.66. The van der Waals surface area contributed by atoms with Crippen LogP contribution in [-0.4, -0.2) is 35.7 Å². The lowest BCUT2D eigenvalue weighted by atomic mass is 10.0. The van der Waals surface area contributed by atoms with E-state index < -0.39 is 34.0 Å². The topological polar surface area (TPSA) is 84.7 Å². The van der Waals surface area contributed by atoms with Crippen LogP contribution in [0.2, 0.25) is 0 Å². The molecule has 7 nitrogen and oxygen atoms in total. The molecule has 0 unspecified atom stereocenters. The molecular formula is C17H22F3N3O4. The van der Waals surface area contributed by atoms with Crippen molar-refractivity contribution in [2.45, 2.75) is 51.4 Å². The van der Waals surface area contributed by atoms with E-state index in [2.05, 4.69) is 5.32 Å². The fraction of sp³-hybridized carbons (Fsp3) is 0.588. The number of nitrogens with zero attached hydrogens (tertiary/aromatic N) is 2. The van der Waals surface area contributed by atoms with Crippen molar-refractivity contribution >= 4 is 17.5 Å². The highest BCUT2D eigenvalue weighted by Crippen LogP contribution is 2.37. The van der Waals surface area contributed by atoms with Crippen LogP contribution in [0.4, 0.5) is 29.3 Å². The SMILES string of the molecule is CC(C)(C)OC(=O)N[C@@H]1CCCN(c2ccc(C(F)(F)F)cc2[N+](=O)[O-])C1. The van der Waals surface area contributed by atoms with Gasteiger partial charge in [0, 0.05) is 25.2 Å². The molecule has 1 aliphatic rings. The lowest BCUT2D eigenvalue weighted by Gasteiger charge is -2.34. The molecule has 150 valence electrons. The highest BCUT2D eigenvalue weighted by Gasteiger charge is 2.34. The molecule has 0 aromatic heterocycles. The van der Waals surface area contributed by atoms with Gasteiger partial charge in [-0.05, 0) is 45.7 Å². The van der Waals surface area contributed by atoms with Gasteiger partial charge >= 0.3 is 12.3 Å². The number of carbonyl (C=O) groups excluding carboxylic acids is 1. The normalized spacial score (nSPS) is 18.1. The van der Waals surface area contributed by atoms with Gasteiger partial charge in [-0.1, -0.05) is 0 Å². The first kappa shape index (κ1) is 20.8. The van der Waals surface area contributed by atoms with Crippen LogP contribution in [0.25, 0.3) is 0 Å². The standard InChI is InChI=1S/C17H22F3N3O4/c1-16(2,3)27-15(24)21-12-5-4-8-22(10-12)13-7-6-11(17(18,19)20)9-14(13)23(25)26/h6-7,9,12H,4-5,8,10H2,1-3H3,(H,21,24)/t12-/m1/s1. The van der Waals surface area contributed by atoms with Crippen LogP contribution in [0, 0.1) is 10.1 Å². The van der Waals surface area contributed by atoms with Crippen LogP contribution in [0.1, 0.15) is 39.2 Å². The van der Waals surface area contributed by atoms with Crippen LogP contribution < -0.4 is 10.2 Å². The number of halogens is 3. The van der Waals surface area contributed by atoms with E-state index in [1.165, 1.54) is 0 Å². The summed E-state index contributed by atoms with van der Waals surface area (Å²) in [5.74, 6) is 0. The van der Waals surface area contributed by atoms with Crippen molar-refractivity contribution in [1.82, 2.24) is 5.32 Å². The maximum Gasteiger partial charge on any atom is 0.416 e. The van der Waals surface area contributed by atoms with E-state index in [4.69, 9.17) is 4.74 Å². The Morgan fingerprint density at radius 1 is 1.33 bits per heavy atom. The molecular weight excluding hydrogens is 367 g/mol. The van der Waals surface area contributed by atoms with E-state index in [0.29, 0.717) is 25.5 Å². The number of rotatable bonds is 3.